The molecule has 122 valence electrons. The molecule has 2 rings (SSSR count). The van der Waals surface area contributed by atoms with Gasteiger partial charge in [0.1, 0.15) is 22.9 Å². The first-order valence-electron chi connectivity index (χ1n) is 7.30. The predicted octanol–water partition coefficient (Wildman–Crippen LogP) is 1.20. The number of aromatic hydroxyl groups is 1. The van der Waals surface area contributed by atoms with E-state index in [9.17, 15) is 23.8 Å². The predicted molar refractivity (Wildman–Crippen MR) is 76.7 cm³/mol. The maximum Gasteiger partial charge on any atom is 0.260 e. The first-order chi connectivity index (χ1) is 10.5. The van der Waals surface area contributed by atoms with Gasteiger partial charge in [-0.15, -0.1) is 0 Å². The smallest absolute Gasteiger partial charge is 0.260 e. The summed E-state index contributed by atoms with van der Waals surface area (Å²) < 4.78 is 26.7. The minimum Gasteiger partial charge on any atom is -0.507 e. The molecule has 1 unspecified atom stereocenters. The Labute approximate surface area is 127 Å². The third-order valence-electron chi connectivity index (χ3n) is 4.05. The van der Waals surface area contributed by atoms with Gasteiger partial charge in [-0.1, -0.05) is 6.92 Å². The van der Waals surface area contributed by atoms with Crippen LogP contribution >= 0.6 is 0 Å². The van der Waals surface area contributed by atoms with Gasteiger partial charge < -0.3 is 15.1 Å². The number of aliphatic hydroxyl groups is 1. The van der Waals surface area contributed by atoms with Crippen LogP contribution in [-0.2, 0) is 0 Å². The molecule has 1 saturated heterocycles. The first-order valence-corrected chi connectivity index (χ1v) is 7.30. The van der Waals surface area contributed by atoms with E-state index < -0.39 is 28.9 Å². The van der Waals surface area contributed by atoms with Gasteiger partial charge >= 0.3 is 0 Å². The molecule has 1 atom stereocenters. The van der Waals surface area contributed by atoms with Gasteiger partial charge in [0.25, 0.3) is 5.91 Å². The second-order valence-electron chi connectivity index (χ2n) is 5.35. The third-order valence-corrected chi connectivity index (χ3v) is 4.05. The summed E-state index contributed by atoms with van der Waals surface area (Å²) in [4.78, 5) is 15.8. The number of phenolic OH excluding ortho intramolecular Hbond substituents is 1. The van der Waals surface area contributed by atoms with Gasteiger partial charge in [0, 0.05) is 44.4 Å². The number of piperazine rings is 1. The van der Waals surface area contributed by atoms with E-state index in [0.29, 0.717) is 32.2 Å². The lowest BCUT2D eigenvalue weighted by Crippen LogP contribution is -2.52. The molecule has 1 aliphatic rings. The molecular weight excluding hydrogens is 294 g/mol. The molecule has 0 aliphatic carbocycles. The van der Waals surface area contributed by atoms with Crippen LogP contribution in [-0.4, -0.2) is 64.7 Å². The number of nitrogens with zero attached hydrogens (tertiary/aromatic N) is 2. The van der Waals surface area contributed by atoms with E-state index in [2.05, 4.69) is 4.90 Å². The Hall–Kier alpha value is -1.73. The summed E-state index contributed by atoms with van der Waals surface area (Å²) in [6.07, 6.45) is 0.803. The van der Waals surface area contributed by atoms with Crippen LogP contribution in [0.3, 0.4) is 0 Å². The maximum atomic E-state index is 13.7. The Morgan fingerprint density at radius 2 is 1.91 bits per heavy atom. The summed E-state index contributed by atoms with van der Waals surface area (Å²) in [5.41, 5.74) is -0.496. The van der Waals surface area contributed by atoms with Crippen molar-refractivity contribution in [1.29, 1.82) is 0 Å². The van der Waals surface area contributed by atoms with E-state index in [1.807, 2.05) is 6.92 Å². The first kappa shape index (κ1) is 16.6. The summed E-state index contributed by atoms with van der Waals surface area (Å²) in [5, 5.41) is 18.9. The lowest BCUT2D eigenvalue weighted by molar-refractivity contribution is 0.0467. The van der Waals surface area contributed by atoms with Crippen molar-refractivity contribution in [1.82, 2.24) is 9.80 Å². The lowest BCUT2D eigenvalue weighted by atomic mass is 10.1. The van der Waals surface area contributed by atoms with Crippen LogP contribution in [0.5, 0.6) is 5.75 Å². The van der Waals surface area contributed by atoms with Crippen LogP contribution in [0.25, 0.3) is 0 Å². The quantitative estimate of drug-likeness (QED) is 0.876. The molecule has 0 saturated carbocycles. The minimum absolute atomic E-state index is 0.0493. The van der Waals surface area contributed by atoms with Crippen molar-refractivity contribution in [2.24, 2.45) is 0 Å². The number of rotatable bonds is 4. The standard InChI is InChI=1S/C15H20F2N2O3/c1-2-11(9-20)18-3-5-19(6-4-18)15(22)14-12(17)7-10(16)8-13(14)21/h7-8,11,20-21H,2-6,9H2,1H3. The summed E-state index contributed by atoms with van der Waals surface area (Å²) in [6.45, 7) is 3.89. The molecule has 5 nitrogen and oxygen atoms in total. The lowest BCUT2D eigenvalue weighted by Gasteiger charge is -2.38. The molecule has 1 aliphatic heterocycles. The highest BCUT2D eigenvalue weighted by Gasteiger charge is 2.28. The Morgan fingerprint density at radius 1 is 1.27 bits per heavy atom. The zero-order valence-electron chi connectivity index (χ0n) is 12.4. The molecule has 7 heteroatoms. The van der Waals surface area contributed by atoms with E-state index in [4.69, 9.17) is 0 Å². The number of hydrogen-bond acceptors (Lipinski definition) is 4. The number of carbonyl (C=O) groups is 1. The highest BCUT2D eigenvalue weighted by atomic mass is 19.1. The van der Waals surface area contributed by atoms with E-state index in [1.54, 1.807) is 0 Å². The normalized spacial score (nSPS) is 17.5. The minimum atomic E-state index is -1.06. The Bertz CT molecular complexity index is 519. The van der Waals surface area contributed by atoms with Crippen molar-refractivity contribution in [3.8, 4) is 5.75 Å². The number of hydrogen-bond donors (Lipinski definition) is 2. The molecule has 1 heterocycles. The van der Waals surface area contributed by atoms with Crippen molar-refractivity contribution in [3.05, 3.63) is 29.3 Å². The fraction of sp³-hybridized carbons (Fsp3) is 0.533. The number of benzene rings is 1. The molecule has 0 bridgehead atoms. The number of halogens is 2. The van der Waals surface area contributed by atoms with Gasteiger partial charge in [0.2, 0.25) is 0 Å². The highest BCUT2D eigenvalue weighted by Crippen LogP contribution is 2.24. The summed E-state index contributed by atoms with van der Waals surface area (Å²) in [6, 6.07) is 1.36. The largest absolute Gasteiger partial charge is 0.507 e. The average molecular weight is 314 g/mol. The van der Waals surface area contributed by atoms with E-state index >= 15 is 0 Å². The van der Waals surface area contributed by atoms with Crippen LogP contribution in [0.1, 0.15) is 23.7 Å². The number of amides is 1. The topological polar surface area (TPSA) is 64.0 Å². The van der Waals surface area contributed by atoms with Crippen molar-refractivity contribution >= 4 is 5.91 Å². The summed E-state index contributed by atoms with van der Waals surface area (Å²) in [5.74, 6) is -3.32. The SMILES string of the molecule is CCC(CO)N1CCN(C(=O)c2c(O)cc(F)cc2F)CC1. The fourth-order valence-electron chi connectivity index (χ4n) is 2.72. The van der Waals surface area contributed by atoms with Gasteiger partial charge in [-0.25, -0.2) is 8.78 Å². The van der Waals surface area contributed by atoms with E-state index in [0.717, 1.165) is 12.5 Å². The van der Waals surface area contributed by atoms with Crippen LogP contribution < -0.4 is 0 Å². The summed E-state index contributed by atoms with van der Waals surface area (Å²) in [7, 11) is 0. The van der Waals surface area contributed by atoms with Gasteiger partial charge in [-0.2, -0.15) is 0 Å². The van der Waals surface area contributed by atoms with Crippen LogP contribution in [0.15, 0.2) is 12.1 Å². The zero-order valence-corrected chi connectivity index (χ0v) is 12.4. The Balaban J connectivity index is 2.07. The van der Waals surface area contributed by atoms with Crippen molar-refractivity contribution in [2.45, 2.75) is 19.4 Å². The van der Waals surface area contributed by atoms with Crippen molar-refractivity contribution < 1.29 is 23.8 Å². The Morgan fingerprint density at radius 3 is 2.41 bits per heavy atom. The Kier molecular flexibility index (Phi) is 5.31. The molecule has 1 aromatic carbocycles. The average Bonchev–Trinajstić information content (AvgIpc) is 2.48. The number of phenols is 1. The van der Waals surface area contributed by atoms with Gasteiger partial charge in [-0.3, -0.25) is 9.69 Å². The molecule has 0 spiro atoms. The van der Waals surface area contributed by atoms with E-state index in [-0.39, 0.29) is 12.6 Å². The van der Waals surface area contributed by atoms with E-state index in [1.165, 1.54) is 4.90 Å². The van der Waals surface area contributed by atoms with Gasteiger partial charge in [-0.05, 0) is 6.42 Å². The maximum absolute atomic E-state index is 13.7. The summed E-state index contributed by atoms with van der Waals surface area (Å²) >= 11 is 0. The zero-order chi connectivity index (χ0) is 16.3. The number of carbonyl (C=O) groups excluding carboxylic acids is 1. The molecule has 1 aromatic rings. The van der Waals surface area contributed by atoms with Crippen molar-refractivity contribution in [2.75, 3.05) is 32.8 Å². The van der Waals surface area contributed by atoms with Crippen LogP contribution in [0, 0.1) is 11.6 Å². The molecule has 22 heavy (non-hydrogen) atoms. The van der Waals surface area contributed by atoms with Gasteiger partial charge in [0.15, 0.2) is 0 Å². The second-order valence-corrected chi connectivity index (χ2v) is 5.35. The van der Waals surface area contributed by atoms with Gasteiger partial charge in [0.05, 0.1) is 6.61 Å². The second kappa shape index (κ2) is 7.02. The highest BCUT2D eigenvalue weighted by molar-refractivity contribution is 5.97. The monoisotopic (exact) mass is 314 g/mol. The molecule has 1 amide bonds. The third kappa shape index (κ3) is 3.36. The molecule has 2 N–H and O–H groups in total. The molecule has 0 radical (unpaired) electrons. The molecular formula is C15H20F2N2O3. The molecule has 1 fully saturated rings. The molecule has 0 aromatic heterocycles. The van der Waals surface area contributed by atoms with Crippen LogP contribution in [0.2, 0.25) is 0 Å². The van der Waals surface area contributed by atoms with Crippen molar-refractivity contribution in [3.63, 3.8) is 0 Å². The fourth-order valence-corrected chi connectivity index (χ4v) is 2.72. The van der Waals surface area contributed by atoms with Crippen LogP contribution in [0.4, 0.5) is 8.78 Å². The number of aliphatic hydroxyl groups excluding tert-OH is 1.